The van der Waals surface area contributed by atoms with Gasteiger partial charge in [0, 0.05) is 24.3 Å². The van der Waals surface area contributed by atoms with Gasteiger partial charge < -0.3 is 9.80 Å². The summed E-state index contributed by atoms with van der Waals surface area (Å²) >= 11 is 1.44. The number of carbonyl (C=O) groups excluding carboxylic acids is 2. The zero-order valence-corrected chi connectivity index (χ0v) is 17.8. The third-order valence-corrected chi connectivity index (χ3v) is 6.92. The first-order valence-corrected chi connectivity index (χ1v) is 10.9. The van der Waals surface area contributed by atoms with E-state index < -0.39 is 10.7 Å². The van der Waals surface area contributed by atoms with Crippen LogP contribution in [0.1, 0.15) is 37.0 Å². The minimum absolute atomic E-state index is 0.0502. The number of hydrogen-bond donors (Lipinski definition) is 0. The Hall–Kier alpha value is -2.34. The van der Waals surface area contributed by atoms with Gasteiger partial charge in [0.1, 0.15) is 5.82 Å². The molecule has 0 N–H and O–H groups in total. The average molecular weight is 413 g/mol. The fourth-order valence-corrected chi connectivity index (χ4v) is 5.61. The molecule has 2 aromatic carbocycles. The highest BCUT2D eigenvalue weighted by molar-refractivity contribution is 8.01. The highest BCUT2D eigenvalue weighted by Gasteiger charge is 2.59. The van der Waals surface area contributed by atoms with E-state index in [0.717, 1.165) is 11.1 Å². The minimum atomic E-state index is -1.16. The standard InChI is InChI=1S/C23H25FN2O2S/c1-15(2)12-21(27)26-10-11-29-23(26)19-13-18(24)8-9-20(19)25(22(23)28)14-17-6-4-16(3)5-7-17/h4-9,13,15H,10-12,14H2,1-3H3. The van der Waals surface area contributed by atoms with Gasteiger partial charge in [0.15, 0.2) is 4.87 Å². The quantitative estimate of drug-likeness (QED) is 0.745. The van der Waals surface area contributed by atoms with Crippen LogP contribution in [0, 0.1) is 18.7 Å². The molecular formula is C23H25FN2O2S. The van der Waals surface area contributed by atoms with Crippen LogP contribution < -0.4 is 4.90 Å². The number of halogens is 1. The molecule has 0 saturated carbocycles. The van der Waals surface area contributed by atoms with Crippen molar-refractivity contribution in [1.29, 1.82) is 0 Å². The second-order valence-corrected chi connectivity index (χ2v) is 9.46. The van der Waals surface area contributed by atoms with E-state index in [4.69, 9.17) is 0 Å². The van der Waals surface area contributed by atoms with E-state index >= 15 is 0 Å². The number of aryl methyl sites for hydroxylation is 1. The van der Waals surface area contributed by atoms with Gasteiger partial charge in [-0.1, -0.05) is 43.7 Å². The molecule has 0 radical (unpaired) electrons. The van der Waals surface area contributed by atoms with Gasteiger partial charge in [-0.25, -0.2) is 4.39 Å². The van der Waals surface area contributed by atoms with Crippen LogP contribution in [-0.4, -0.2) is 29.0 Å². The lowest BCUT2D eigenvalue weighted by Gasteiger charge is -2.33. The third kappa shape index (κ3) is 3.33. The summed E-state index contributed by atoms with van der Waals surface area (Å²) in [7, 11) is 0. The predicted molar refractivity (Wildman–Crippen MR) is 114 cm³/mol. The lowest BCUT2D eigenvalue weighted by atomic mass is 10.0. The average Bonchev–Trinajstić information content (AvgIpc) is 3.20. The van der Waals surface area contributed by atoms with Crippen LogP contribution in [0.15, 0.2) is 42.5 Å². The molecule has 4 rings (SSSR count). The minimum Gasteiger partial charge on any atom is -0.315 e. The number of fused-ring (bicyclic) bond motifs is 2. The van der Waals surface area contributed by atoms with Crippen LogP contribution in [0.25, 0.3) is 0 Å². The molecule has 1 fully saturated rings. The Balaban J connectivity index is 1.77. The molecule has 1 spiro atoms. The highest BCUT2D eigenvalue weighted by Crippen LogP contribution is 2.54. The fourth-order valence-electron chi connectivity index (χ4n) is 4.14. The summed E-state index contributed by atoms with van der Waals surface area (Å²) < 4.78 is 14.2. The summed E-state index contributed by atoms with van der Waals surface area (Å²) in [5, 5.41) is 0. The van der Waals surface area contributed by atoms with Gasteiger partial charge in [0.2, 0.25) is 5.91 Å². The Labute approximate surface area is 175 Å². The van der Waals surface area contributed by atoms with E-state index in [-0.39, 0.29) is 17.7 Å². The number of amides is 2. The molecule has 0 bridgehead atoms. The van der Waals surface area contributed by atoms with Crippen molar-refractivity contribution in [2.24, 2.45) is 5.92 Å². The van der Waals surface area contributed by atoms with Crippen LogP contribution in [0.4, 0.5) is 10.1 Å². The van der Waals surface area contributed by atoms with Gasteiger partial charge in [-0.15, -0.1) is 11.8 Å². The molecule has 2 amide bonds. The molecule has 2 aromatic rings. The van der Waals surface area contributed by atoms with E-state index in [2.05, 4.69) is 0 Å². The lowest BCUT2D eigenvalue weighted by molar-refractivity contribution is -0.140. The number of nitrogens with zero attached hydrogens (tertiary/aromatic N) is 2. The van der Waals surface area contributed by atoms with E-state index in [1.165, 1.54) is 23.9 Å². The number of anilines is 1. The maximum absolute atomic E-state index is 14.2. The SMILES string of the molecule is Cc1ccc(CN2C(=O)C3(SCCN3C(=O)CC(C)C)c3cc(F)ccc32)cc1. The summed E-state index contributed by atoms with van der Waals surface area (Å²) in [5.74, 6) is 0.252. The Kier molecular flexibility index (Phi) is 5.15. The largest absolute Gasteiger partial charge is 0.315 e. The van der Waals surface area contributed by atoms with Crippen molar-refractivity contribution in [1.82, 2.24) is 4.90 Å². The Morgan fingerprint density at radius 2 is 1.93 bits per heavy atom. The van der Waals surface area contributed by atoms with Crippen molar-refractivity contribution in [3.63, 3.8) is 0 Å². The number of benzene rings is 2. The first kappa shape index (κ1) is 20.0. The molecule has 1 unspecified atom stereocenters. The summed E-state index contributed by atoms with van der Waals surface area (Å²) in [4.78, 5) is 29.0. The monoisotopic (exact) mass is 412 g/mol. The topological polar surface area (TPSA) is 40.6 Å². The summed E-state index contributed by atoms with van der Waals surface area (Å²) in [6.45, 7) is 6.89. The van der Waals surface area contributed by atoms with Gasteiger partial charge in [-0.2, -0.15) is 0 Å². The third-order valence-electron chi connectivity index (χ3n) is 5.50. The van der Waals surface area contributed by atoms with E-state index in [1.807, 2.05) is 45.0 Å². The zero-order valence-electron chi connectivity index (χ0n) is 16.9. The molecule has 0 aromatic heterocycles. The molecule has 2 aliphatic heterocycles. The summed E-state index contributed by atoms with van der Waals surface area (Å²) in [6.07, 6.45) is 0.373. The molecule has 4 nitrogen and oxygen atoms in total. The molecular weight excluding hydrogens is 387 g/mol. The number of hydrogen-bond acceptors (Lipinski definition) is 3. The second-order valence-electron chi connectivity index (χ2n) is 8.17. The van der Waals surface area contributed by atoms with Gasteiger partial charge in [0.25, 0.3) is 5.91 Å². The fraction of sp³-hybridized carbons (Fsp3) is 0.391. The molecule has 2 aliphatic rings. The zero-order chi connectivity index (χ0) is 20.8. The van der Waals surface area contributed by atoms with Crippen molar-refractivity contribution in [2.75, 3.05) is 17.2 Å². The van der Waals surface area contributed by atoms with Crippen molar-refractivity contribution in [3.05, 3.63) is 65.0 Å². The van der Waals surface area contributed by atoms with Crippen LogP contribution in [-0.2, 0) is 21.0 Å². The van der Waals surface area contributed by atoms with E-state index in [9.17, 15) is 14.0 Å². The Bertz CT molecular complexity index is 960. The molecule has 0 aliphatic carbocycles. The van der Waals surface area contributed by atoms with Crippen molar-refractivity contribution in [3.8, 4) is 0 Å². The Morgan fingerprint density at radius 3 is 2.62 bits per heavy atom. The maximum Gasteiger partial charge on any atom is 0.268 e. The van der Waals surface area contributed by atoms with Gasteiger partial charge in [-0.05, 0) is 36.6 Å². The van der Waals surface area contributed by atoms with Crippen LogP contribution >= 0.6 is 11.8 Å². The van der Waals surface area contributed by atoms with Crippen LogP contribution in [0.5, 0.6) is 0 Å². The predicted octanol–water partition coefficient (Wildman–Crippen LogP) is 4.46. The van der Waals surface area contributed by atoms with Crippen molar-refractivity contribution >= 4 is 29.3 Å². The van der Waals surface area contributed by atoms with Crippen LogP contribution in [0.2, 0.25) is 0 Å². The first-order chi connectivity index (χ1) is 13.8. The molecule has 2 heterocycles. The number of thioether (sulfide) groups is 1. The normalized spacial score (nSPS) is 20.8. The summed E-state index contributed by atoms with van der Waals surface area (Å²) in [5.41, 5.74) is 3.43. The number of carbonyl (C=O) groups is 2. The lowest BCUT2D eigenvalue weighted by Crippen LogP contribution is -2.50. The van der Waals surface area contributed by atoms with Crippen molar-refractivity contribution < 1.29 is 14.0 Å². The second kappa shape index (κ2) is 7.48. The molecule has 152 valence electrons. The molecule has 6 heteroatoms. The first-order valence-electron chi connectivity index (χ1n) is 9.95. The van der Waals surface area contributed by atoms with Gasteiger partial charge in [0.05, 0.1) is 12.2 Å². The maximum atomic E-state index is 14.2. The van der Waals surface area contributed by atoms with Gasteiger partial charge in [-0.3, -0.25) is 9.59 Å². The smallest absolute Gasteiger partial charge is 0.268 e. The molecule has 1 saturated heterocycles. The van der Waals surface area contributed by atoms with Crippen LogP contribution in [0.3, 0.4) is 0 Å². The number of rotatable bonds is 4. The van der Waals surface area contributed by atoms with Gasteiger partial charge >= 0.3 is 0 Å². The molecule has 29 heavy (non-hydrogen) atoms. The summed E-state index contributed by atoms with van der Waals surface area (Å²) in [6, 6.07) is 12.5. The Morgan fingerprint density at radius 1 is 1.21 bits per heavy atom. The van der Waals surface area contributed by atoms with E-state index in [0.29, 0.717) is 36.5 Å². The molecule has 1 atom stereocenters. The highest BCUT2D eigenvalue weighted by atomic mass is 32.2. The van der Waals surface area contributed by atoms with E-state index in [1.54, 1.807) is 15.9 Å². The van der Waals surface area contributed by atoms with Crippen molar-refractivity contribution in [2.45, 2.75) is 38.6 Å².